The Kier molecular flexibility index (Phi) is 8.43. The monoisotopic (exact) mass is 572 g/mol. The number of aliphatic hydroxyl groups is 1. The largest absolute Gasteiger partial charge is 0.487 e. The number of halogens is 3. The van der Waals surface area contributed by atoms with Gasteiger partial charge in [-0.1, -0.05) is 30.3 Å². The molecular formula is C29H31F3N4O5. The summed E-state index contributed by atoms with van der Waals surface area (Å²) < 4.78 is 57.4. The summed E-state index contributed by atoms with van der Waals surface area (Å²) in [6.07, 6.45) is -4.84. The Morgan fingerprint density at radius 1 is 1.12 bits per heavy atom. The van der Waals surface area contributed by atoms with E-state index in [2.05, 4.69) is 15.3 Å². The van der Waals surface area contributed by atoms with Crippen LogP contribution in [0.25, 0.3) is 0 Å². The van der Waals surface area contributed by atoms with E-state index in [1.807, 2.05) is 30.3 Å². The minimum atomic E-state index is -5.03. The maximum Gasteiger partial charge on any atom is 0.471 e. The van der Waals surface area contributed by atoms with Crippen LogP contribution in [-0.4, -0.2) is 52.3 Å². The van der Waals surface area contributed by atoms with Gasteiger partial charge in [0.15, 0.2) is 6.23 Å². The first kappa shape index (κ1) is 28.8. The predicted octanol–water partition coefficient (Wildman–Crippen LogP) is 4.05. The van der Waals surface area contributed by atoms with E-state index in [1.165, 1.54) is 13.2 Å². The highest BCUT2D eigenvalue weighted by molar-refractivity contribution is 5.82. The molecule has 1 aliphatic heterocycles. The summed E-state index contributed by atoms with van der Waals surface area (Å²) in [6, 6.07) is 16.2. The number of aliphatic hydroxyl groups excluding tert-OH is 1. The Labute approximate surface area is 235 Å². The summed E-state index contributed by atoms with van der Waals surface area (Å²) in [5.41, 5.74) is 2.19. The molecule has 1 unspecified atom stereocenters. The lowest BCUT2D eigenvalue weighted by molar-refractivity contribution is -0.210. The van der Waals surface area contributed by atoms with Crippen LogP contribution in [0.15, 0.2) is 54.6 Å². The third-order valence-corrected chi connectivity index (χ3v) is 7.15. The van der Waals surface area contributed by atoms with Gasteiger partial charge in [0.2, 0.25) is 5.88 Å². The molecule has 9 nitrogen and oxygen atoms in total. The van der Waals surface area contributed by atoms with E-state index < -0.39 is 30.3 Å². The van der Waals surface area contributed by atoms with E-state index in [1.54, 1.807) is 18.2 Å². The van der Waals surface area contributed by atoms with Crippen molar-refractivity contribution < 1.29 is 37.3 Å². The molecule has 5 rings (SSSR count). The molecule has 1 aliphatic carbocycles. The molecule has 0 radical (unpaired) electrons. The number of aromatic nitrogens is 2. The summed E-state index contributed by atoms with van der Waals surface area (Å²) in [5.74, 6) is -0.970. The SMILES string of the molecule is COc1ccc(OCc2ccccc2)c(CNCc2cc(C3OCC4(CC4)CN3C(=O)C(F)(F)F)cc(CO)n2)n1. The second kappa shape index (κ2) is 12.0. The number of rotatable bonds is 10. The molecule has 218 valence electrons. The van der Waals surface area contributed by atoms with Crippen molar-refractivity contribution in [3.05, 3.63) is 82.8 Å². The lowest BCUT2D eigenvalue weighted by Gasteiger charge is -2.40. The van der Waals surface area contributed by atoms with Crippen LogP contribution in [0.4, 0.5) is 13.2 Å². The number of methoxy groups -OCH3 is 1. The fourth-order valence-electron chi connectivity index (χ4n) is 4.81. The second-order valence-corrected chi connectivity index (χ2v) is 10.3. The van der Waals surface area contributed by atoms with Crippen LogP contribution in [-0.2, 0) is 35.8 Å². The molecule has 2 aromatic heterocycles. The van der Waals surface area contributed by atoms with Crippen molar-refractivity contribution in [1.29, 1.82) is 0 Å². The number of alkyl halides is 3. The van der Waals surface area contributed by atoms with Gasteiger partial charge < -0.3 is 29.5 Å². The van der Waals surface area contributed by atoms with E-state index in [0.717, 1.165) is 10.5 Å². The van der Waals surface area contributed by atoms with Crippen molar-refractivity contribution in [2.75, 3.05) is 20.3 Å². The third kappa shape index (κ3) is 6.95. The van der Waals surface area contributed by atoms with Gasteiger partial charge in [0.05, 0.1) is 31.7 Å². The number of hydrogen-bond donors (Lipinski definition) is 2. The summed E-state index contributed by atoms with van der Waals surface area (Å²) in [6.45, 7) is 0.607. The van der Waals surface area contributed by atoms with Gasteiger partial charge in [0.25, 0.3) is 0 Å². The fraction of sp³-hybridized carbons (Fsp3) is 0.414. The van der Waals surface area contributed by atoms with Gasteiger partial charge in [-0.2, -0.15) is 13.2 Å². The van der Waals surface area contributed by atoms with E-state index >= 15 is 0 Å². The Morgan fingerprint density at radius 3 is 2.56 bits per heavy atom. The van der Waals surface area contributed by atoms with Crippen LogP contribution in [0, 0.1) is 5.41 Å². The molecule has 41 heavy (non-hydrogen) atoms. The van der Waals surface area contributed by atoms with Crippen molar-refractivity contribution in [3.8, 4) is 11.6 Å². The zero-order valence-corrected chi connectivity index (χ0v) is 22.5. The topological polar surface area (TPSA) is 106 Å². The van der Waals surface area contributed by atoms with Crippen LogP contribution >= 0.6 is 0 Å². The minimum absolute atomic E-state index is 0.0341. The zero-order valence-electron chi connectivity index (χ0n) is 22.5. The summed E-state index contributed by atoms with van der Waals surface area (Å²) >= 11 is 0. The molecule has 1 saturated heterocycles. The maximum absolute atomic E-state index is 13.5. The average molecular weight is 573 g/mol. The van der Waals surface area contributed by atoms with Gasteiger partial charge in [-0.05, 0) is 36.6 Å². The van der Waals surface area contributed by atoms with Gasteiger partial charge >= 0.3 is 12.1 Å². The molecule has 0 bridgehead atoms. The van der Waals surface area contributed by atoms with Crippen LogP contribution in [0.3, 0.4) is 0 Å². The standard InChI is InChI=1S/C29H31F3N4O5/c1-39-25-8-7-24(40-16-19-5-3-2-4-6-19)23(35-25)14-33-13-21-11-20(12-22(15-37)34-21)26-36(27(38)29(30,31)32)17-28(9-10-28)18-41-26/h2-8,11-12,26,33,37H,9-10,13-18H2,1H3. The smallest absolute Gasteiger partial charge is 0.471 e. The lowest BCUT2D eigenvalue weighted by Crippen LogP contribution is -2.51. The number of carbonyl (C=O) groups is 1. The van der Waals surface area contributed by atoms with Crippen LogP contribution < -0.4 is 14.8 Å². The van der Waals surface area contributed by atoms with Crippen molar-refractivity contribution >= 4 is 5.91 Å². The Bertz CT molecular complexity index is 1370. The molecule has 1 amide bonds. The number of ether oxygens (including phenoxy) is 3. The van der Waals surface area contributed by atoms with Gasteiger partial charge in [0.1, 0.15) is 18.1 Å². The molecule has 1 aromatic carbocycles. The minimum Gasteiger partial charge on any atom is -0.487 e. The lowest BCUT2D eigenvalue weighted by atomic mass is 10.0. The van der Waals surface area contributed by atoms with Crippen molar-refractivity contribution in [3.63, 3.8) is 0 Å². The normalized spacial score (nSPS) is 17.9. The van der Waals surface area contributed by atoms with E-state index in [-0.39, 0.29) is 31.9 Å². The number of pyridine rings is 2. The number of nitrogens with zero attached hydrogens (tertiary/aromatic N) is 3. The summed E-state index contributed by atoms with van der Waals surface area (Å²) in [7, 11) is 1.51. The Hall–Kier alpha value is -3.74. The molecule has 1 spiro atoms. The molecule has 12 heteroatoms. The van der Waals surface area contributed by atoms with Gasteiger partial charge in [-0.25, -0.2) is 4.98 Å². The fourth-order valence-corrected chi connectivity index (χ4v) is 4.81. The summed E-state index contributed by atoms with van der Waals surface area (Å²) in [5, 5.41) is 13.0. The van der Waals surface area contributed by atoms with Crippen LogP contribution in [0.5, 0.6) is 11.6 Å². The third-order valence-electron chi connectivity index (χ3n) is 7.15. The van der Waals surface area contributed by atoms with E-state index in [0.29, 0.717) is 48.0 Å². The second-order valence-electron chi connectivity index (χ2n) is 10.3. The molecule has 2 aliphatic rings. The quantitative estimate of drug-likeness (QED) is 0.375. The average Bonchev–Trinajstić information content (AvgIpc) is 3.73. The first-order chi connectivity index (χ1) is 19.7. The van der Waals surface area contributed by atoms with Gasteiger partial charge in [-0.15, -0.1) is 0 Å². The van der Waals surface area contributed by atoms with E-state index in [9.17, 15) is 23.1 Å². The van der Waals surface area contributed by atoms with Gasteiger partial charge in [-0.3, -0.25) is 9.78 Å². The highest BCUT2D eigenvalue weighted by atomic mass is 19.4. The first-order valence-corrected chi connectivity index (χ1v) is 13.2. The molecule has 3 heterocycles. The Balaban J connectivity index is 1.31. The number of amides is 1. The molecule has 1 saturated carbocycles. The summed E-state index contributed by atoms with van der Waals surface area (Å²) in [4.78, 5) is 22.0. The first-order valence-electron chi connectivity index (χ1n) is 13.2. The predicted molar refractivity (Wildman–Crippen MR) is 140 cm³/mol. The number of hydrogen-bond acceptors (Lipinski definition) is 8. The molecule has 2 fully saturated rings. The van der Waals surface area contributed by atoms with Crippen LogP contribution in [0.2, 0.25) is 0 Å². The van der Waals surface area contributed by atoms with E-state index in [4.69, 9.17) is 14.2 Å². The van der Waals surface area contributed by atoms with Gasteiger partial charge in [0, 0.05) is 36.7 Å². The molecule has 2 N–H and O–H groups in total. The highest BCUT2D eigenvalue weighted by Gasteiger charge is 2.55. The van der Waals surface area contributed by atoms with Crippen molar-refractivity contribution in [2.45, 2.75) is 51.5 Å². The molecular weight excluding hydrogens is 541 g/mol. The Morgan fingerprint density at radius 2 is 1.88 bits per heavy atom. The highest BCUT2D eigenvalue weighted by Crippen LogP contribution is 2.51. The number of nitrogens with one attached hydrogen (secondary N) is 1. The zero-order chi connectivity index (χ0) is 29.0. The van der Waals surface area contributed by atoms with Crippen molar-refractivity contribution in [1.82, 2.24) is 20.2 Å². The van der Waals surface area contributed by atoms with Crippen LogP contribution in [0.1, 0.15) is 47.3 Å². The maximum atomic E-state index is 13.5. The molecule has 1 atom stereocenters. The molecule has 3 aromatic rings. The number of carbonyl (C=O) groups excluding carboxylic acids is 1. The number of benzene rings is 1. The van der Waals surface area contributed by atoms with Crippen molar-refractivity contribution in [2.24, 2.45) is 5.41 Å².